The lowest BCUT2D eigenvalue weighted by molar-refractivity contribution is -0.145. The summed E-state index contributed by atoms with van der Waals surface area (Å²) in [5.41, 5.74) is 0. The lowest BCUT2D eigenvalue weighted by Crippen LogP contribution is -2.42. The van der Waals surface area contributed by atoms with Crippen molar-refractivity contribution in [1.29, 1.82) is 0 Å². The summed E-state index contributed by atoms with van der Waals surface area (Å²) in [6, 6.07) is 5.03. The molecule has 0 aliphatic carbocycles. The first-order chi connectivity index (χ1) is 8.23. The Kier molecular flexibility index (Phi) is 4.01. The Balaban J connectivity index is 3.21. The van der Waals surface area contributed by atoms with E-state index in [0.717, 1.165) is 0 Å². The van der Waals surface area contributed by atoms with Gasteiger partial charge in [-0.05, 0) is 45.0 Å². The summed E-state index contributed by atoms with van der Waals surface area (Å²) in [6.45, 7) is 4.33. The molecule has 0 aliphatic rings. The molecule has 0 radical (unpaired) electrons. The van der Waals surface area contributed by atoms with Gasteiger partial charge in [-0.2, -0.15) is 0 Å². The monoisotopic (exact) mass is 272 g/mol. The molecule has 0 amide bonds. The highest BCUT2D eigenvalue weighted by molar-refractivity contribution is 7.93. The number of aromatic hydroxyl groups is 1. The summed E-state index contributed by atoms with van der Waals surface area (Å²) in [7, 11) is -3.86. The number of rotatable bonds is 4. The van der Waals surface area contributed by atoms with Gasteiger partial charge < -0.3 is 9.84 Å². The minimum atomic E-state index is -3.86. The maximum atomic E-state index is 12.3. The third kappa shape index (κ3) is 2.48. The van der Waals surface area contributed by atoms with Crippen LogP contribution in [0.4, 0.5) is 0 Å². The first kappa shape index (κ1) is 14.5. The number of sulfone groups is 1. The number of phenols is 1. The molecular formula is C12H16O5S. The third-order valence-corrected chi connectivity index (χ3v) is 4.99. The van der Waals surface area contributed by atoms with Gasteiger partial charge in [-0.25, -0.2) is 8.42 Å². The molecule has 0 bridgehead atoms. The van der Waals surface area contributed by atoms with E-state index in [2.05, 4.69) is 0 Å². The first-order valence-electron chi connectivity index (χ1n) is 5.44. The number of carbonyl (C=O) groups is 1. The van der Waals surface area contributed by atoms with Crippen LogP contribution in [0.1, 0.15) is 20.8 Å². The summed E-state index contributed by atoms with van der Waals surface area (Å²) < 4.78 is 27.7. The van der Waals surface area contributed by atoms with E-state index in [1.54, 1.807) is 6.92 Å². The fourth-order valence-electron chi connectivity index (χ4n) is 1.33. The lowest BCUT2D eigenvalue weighted by atomic mass is 10.2. The van der Waals surface area contributed by atoms with Crippen LogP contribution in [-0.4, -0.2) is 30.8 Å². The second-order valence-electron chi connectivity index (χ2n) is 4.23. The highest BCUT2D eigenvalue weighted by Gasteiger charge is 2.44. The molecule has 100 valence electrons. The molecule has 0 saturated carbocycles. The molecule has 18 heavy (non-hydrogen) atoms. The van der Waals surface area contributed by atoms with E-state index in [1.165, 1.54) is 38.1 Å². The first-order valence-corrected chi connectivity index (χ1v) is 6.92. The Morgan fingerprint density at radius 1 is 1.28 bits per heavy atom. The Morgan fingerprint density at radius 2 is 1.78 bits per heavy atom. The van der Waals surface area contributed by atoms with Gasteiger partial charge in [0.25, 0.3) is 0 Å². The van der Waals surface area contributed by atoms with Crippen molar-refractivity contribution in [2.24, 2.45) is 0 Å². The Hall–Kier alpha value is -1.56. The van der Waals surface area contributed by atoms with Gasteiger partial charge in [0.15, 0.2) is 14.6 Å². The fourth-order valence-corrected chi connectivity index (χ4v) is 2.70. The predicted octanol–water partition coefficient (Wildman–Crippen LogP) is 1.51. The Bertz CT molecular complexity index is 528. The van der Waals surface area contributed by atoms with Crippen LogP contribution in [0.15, 0.2) is 29.2 Å². The van der Waals surface area contributed by atoms with Crippen molar-refractivity contribution in [2.45, 2.75) is 30.4 Å². The molecule has 6 heteroatoms. The van der Waals surface area contributed by atoms with Crippen LogP contribution in [0.5, 0.6) is 5.75 Å². The van der Waals surface area contributed by atoms with Crippen molar-refractivity contribution in [2.75, 3.05) is 6.61 Å². The zero-order chi connectivity index (χ0) is 14.0. The van der Waals surface area contributed by atoms with Crippen molar-refractivity contribution in [3.63, 3.8) is 0 Å². The van der Waals surface area contributed by atoms with Crippen molar-refractivity contribution >= 4 is 15.8 Å². The minimum Gasteiger partial charge on any atom is -0.508 e. The van der Waals surface area contributed by atoms with Gasteiger partial charge in [-0.1, -0.05) is 0 Å². The number of ether oxygens (including phenoxy) is 1. The highest BCUT2D eigenvalue weighted by Crippen LogP contribution is 2.27. The molecule has 0 aromatic heterocycles. The maximum absolute atomic E-state index is 12.3. The van der Waals surface area contributed by atoms with E-state index < -0.39 is 20.6 Å². The molecule has 0 fully saturated rings. The van der Waals surface area contributed by atoms with E-state index in [9.17, 15) is 13.2 Å². The fraction of sp³-hybridized carbons (Fsp3) is 0.417. The maximum Gasteiger partial charge on any atom is 0.327 e. The smallest absolute Gasteiger partial charge is 0.327 e. The lowest BCUT2D eigenvalue weighted by Gasteiger charge is -2.22. The molecule has 1 aromatic carbocycles. The Morgan fingerprint density at radius 3 is 2.22 bits per heavy atom. The summed E-state index contributed by atoms with van der Waals surface area (Å²) in [5.74, 6) is -0.832. The molecule has 5 nitrogen and oxygen atoms in total. The zero-order valence-corrected chi connectivity index (χ0v) is 11.3. The van der Waals surface area contributed by atoms with Gasteiger partial charge in [-0.15, -0.1) is 0 Å². The van der Waals surface area contributed by atoms with Gasteiger partial charge in [0.1, 0.15) is 5.75 Å². The topological polar surface area (TPSA) is 80.7 Å². The van der Waals surface area contributed by atoms with E-state index >= 15 is 0 Å². The van der Waals surface area contributed by atoms with Crippen molar-refractivity contribution in [3.05, 3.63) is 24.3 Å². The second-order valence-corrected chi connectivity index (χ2v) is 6.73. The number of hydrogen-bond acceptors (Lipinski definition) is 5. The van der Waals surface area contributed by atoms with E-state index in [-0.39, 0.29) is 17.3 Å². The quantitative estimate of drug-likeness (QED) is 0.840. The van der Waals surface area contributed by atoms with Gasteiger partial charge in [-0.3, -0.25) is 4.79 Å². The molecule has 0 spiro atoms. The van der Waals surface area contributed by atoms with Crippen LogP contribution in [-0.2, 0) is 19.4 Å². The molecular weight excluding hydrogens is 256 g/mol. The largest absolute Gasteiger partial charge is 0.508 e. The molecule has 1 N–H and O–H groups in total. The standard InChI is InChI=1S/C12H16O5S/c1-4-17-11(14)12(2,3)18(15,16)10-7-5-9(13)6-8-10/h5-8,13H,4H2,1-3H3. The number of hydrogen-bond donors (Lipinski definition) is 1. The summed E-state index contributed by atoms with van der Waals surface area (Å²) in [6.07, 6.45) is 0. The minimum absolute atomic E-state index is 0.0293. The molecule has 1 aromatic rings. The van der Waals surface area contributed by atoms with Crippen LogP contribution < -0.4 is 0 Å². The van der Waals surface area contributed by atoms with Crippen LogP contribution in [0, 0.1) is 0 Å². The number of esters is 1. The molecule has 0 saturated heterocycles. The van der Waals surface area contributed by atoms with E-state index in [4.69, 9.17) is 9.84 Å². The Labute approximate surface area is 106 Å². The van der Waals surface area contributed by atoms with Crippen molar-refractivity contribution in [3.8, 4) is 5.75 Å². The summed E-state index contributed by atoms with van der Waals surface area (Å²) in [4.78, 5) is 11.7. The van der Waals surface area contributed by atoms with Crippen molar-refractivity contribution < 1.29 is 23.1 Å². The van der Waals surface area contributed by atoms with Gasteiger partial charge in [0.05, 0.1) is 11.5 Å². The molecule has 1 rings (SSSR count). The predicted molar refractivity (Wildman–Crippen MR) is 66.0 cm³/mol. The van der Waals surface area contributed by atoms with Crippen LogP contribution in [0.25, 0.3) is 0 Å². The van der Waals surface area contributed by atoms with Gasteiger partial charge >= 0.3 is 5.97 Å². The normalized spacial score (nSPS) is 12.2. The average Bonchev–Trinajstić information content (AvgIpc) is 2.29. The second kappa shape index (κ2) is 4.97. The van der Waals surface area contributed by atoms with E-state index in [1.807, 2.05) is 0 Å². The van der Waals surface area contributed by atoms with Crippen molar-refractivity contribution in [1.82, 2.24) is 0 Å². The SMILES string of the molecule is CCOC(=O)C(C)(C)S(=O)(=O)c1ccc(O)cc1. The number of carbonyl (C=O) groups excluding carboxylic acids is 1. The summed E-state index contributed by atoms with van der Waals surface area (Å²) >= 11 is 0. The van der Waals surface area contributed by atoms with Gasteiger partial charge in [0.2, 0.25) is 0 Å². The zero-order valence-electron chi connectivity index (χ0n) is 10.5. The van der Waals surface area contributed by atoms with Crippen LogP contribution in [0.2, 0.25) is 0 Å². The van der Waals surface area contributed by atoms with Crippen LogP contribution in [0.3, 0.4) is 0 Å². The highest BCUT2D eigenvalue weighted by atomic mass is 32.2. The van der Waals surface area contributed by atoms with Gasteiger partial charge in [0, 0.05) is 0 Å². The number of phenolic OH excluding ortho intramolecular Hbond substituents is 1. The third-order valence-electron chi connectivity index (χ3n) is 2.59. The molecule has 0 atom stereocenters. The number of benzene rings is 1. The van der Waals surface area contributed by atoms with Crippen LogP contribution >= 0.6 is 0 Å². The molecule has 0 heterocycles. The average molecular weight is 272 g/mol. The molecule has 0 unspecified atom stereocenters. The molecule has 0 aliphatic heterocycles. The van der Waals surface area contributed by atoms with E-state index in [0.29, 0.717) is 0 Å². The summed E-state index contributed by atoms with van der Waals surface area (Å²) in [5, 5.41) is 9.13.